The van der Waals surface area contributed by atoms with Gasteiger partial charge >= 0.3 is 0 Å². The lowest BCUT2D eigenvalue weighted by molar-refractivity contribution is 0.0891. The lowest BCUT2D eigenvalue weighted by Gasteiger charge is -2.17. The third-order valence-corrected chi connectivity index (χ3v) is 3.34. The summed E-state index contributed by atoms with van der Waals surface area (Å²) in [6.07, 6.45) is 1.87. The van der Waals surface area contributed by atoms with Gasteiger partial charge in [-0.2, -0.15) is 0 Å². The second-order valence-corrected chi connectivity index (χ2v) is 5.36. The zero-order chi connectivity index (χ0) is 13.5. The van der Waals surface area contributed by atoms with E-state index in [9.17, 15) is 4.79 Å². The number of nitrogens with one attached hydrogen (secondary N) is 1. The maximum absolute atomic E-state index is 12.1. The van der Waals surface area contributed by atoms with Crippen LogP contribution in [-0.2, 0) is 4.74 Å². The molecule has 1 amide bonds. The van der Waals surface area contributed by atoms with E-state index in [0.29, 0.717) is 17.2 Å². The predicted molar refractivity (Wildman–Crippen MR) is 77.2 cm³/mol. The second-order valence-electron chi connectivity index (χ2n) is 4.04. The number of rotatable bonds is 6. The van der Waals surface area contributed by atoms with Crippen LogP contribution in [0.1, 0.15) is 30.1 Å². The molecule has 0 saturated heterocycles. The third kappa shape index (κ3) is 4.59. The minimum Gasteiger partial charge on any atom is -0.383 e. The van der Waals surface area contributed by atoms with E-state index in [-0.39, 0.29) is 11.9 Å². The minimum atomic E-state index is -0.170. The highest BCUT2D eigenvalue weighted by Gasteiger charge is 2.15. The van der Waals surface area contributed by atoms with Gasteiger partial charge in [0.25, 0.3) is 5.91 Å². The Hall–Kier alpha value is -0.580. The summed E-state index contributed by atoms with van der Waals surface area (Å²) >= 11 is 9.34. The van der Waals surface area contributed by atoms with Gasteiger partial charge in [-0.25, -0.2) is 0 Å². The van der Waals surface area contributed by atoms with Crippen LogP contribution in [0.15, 0.2) is 22.7 Å². The molecule has 1 rings (SSSR count). The molecule has 0 fully saturated rings. The topological polar surface area (TPSA) is 38.3 Å². The van der Waals surface area contributed by atoms with E-state index >= 15 is 0 Å². The molecular weight excluding hydrogens is 318 g/mol. The zero-order valence-corrected chi connectivity index (χ0v) is 12.8. The molecule has 1 atom stereocenters. The Morgan fingerprint density at radius 2 is 2.28 bits per heavy atom. The molecule has 0 aliphatic carbocycles. The zero-order valence-electron chi connectivity index (χ0n) is 10.5. The van der Waals surface area contributed by atoms with Gasteiger partial charge in [-0.3, -0.25) is 4.79 Å². The van der Waals surface area contributed by atoms with Crippen molar-refractivity contribution in [2.24, 2.45) is 0 Å². The highest BCUT2D eigenvalue weighted by molar-refractivity contribution is 9.10. The molecule has 0 spiro atoms. The van der Waals surface area contributed by atoms with Crippen LogP contribution in [0.5, 0.6) is 0 Å². The molecule has 0 saturated carbocycles. The monoisotopic (exact) mass is 333 g/mol. The molecule has 1 N–H and O–H groups in total. The number of benzene rings is 1. The molecule has 0 bridgehead atoms. The number of halogens is 2. The average Bonchev–Trinajstić information content (AvgIpc) is 2.33. The van der Waals surface area contributed by atoms with Crippen molar-refractivity contribution in [2.45, 2.75) is 25.8 Å². The molecule has 3 nitrogen and oxygen atoms in total. The summed E-state index contributed by atoms with van der Waals surface area (Å²) in [5.74, 6) is -0.170. The van der Waals surface area contributed by atoms with Gasteiger partial charge in [-0.1, -0.05) is 40.9 Å². The number of hydrogen-bond donors (Lipinski definition) is 1. The first-order valence-corrected chi connectivity index (χ1v) is 7.00. The van der Waals surface area contributed by atoms with E-state index in [1.54, 1.807) is 25.3 Å². The Morgan fingerprint density at radius 1 is 1.56 bits per heavy atom. The Kier molecular flexibility index (Phi) is 6.68. The SMILES string of the molecule is CCCC(COC)NC(=O)c1cc(Br)ccc1Cl. The summed E-state index contributed by atoms with van der Waals surface area (Å²) in [7, 11) is 1.63. The first-order chi connectivity index (χ1) is 8.58. The summed E-state index contributed by atoms with van der Waals surface area (Å²) in [6.45, 7) is 2.58. The molecule has 0 aliphatic rings. The van der Waals surface area contributed by atoms with Gasteiger partial charge in [-0.05, 0) is 24.6 Å². The summed E-state index contributed by atoms with van der Waals surface area (Å²) < 4.78 is 5.92. The number of amides is 1. The van der Waals surface area contributed by atoms with Crippen LogP contribution < -0.4 is 5.32 Å². The Bertz CT molecular complexity index is 406. The Labute approximate surface area is 121 Å². The van der Waals surface area contributed by atoms with Crippen molar-refractivity contribution in [1.29, 1.82) is 0 Å². The van der Waals surface area contributed by atoms with Gasteiger partial charge in [0.15, 0.2) is 0 Å². The molecular formula is C13H17BrClNO2. The van der Waals surface area contributed by atoms with Crippen LogP contribution in [-0.4, -0.2) is 25.7 Å². The van der Waals surface area contributed by atoms with Crippen molar-refractivity contribution in [3.63, 3.8) is 0 Å². The molecule has 0 heterocycles. The van der Waals surface area contributed by atoms with Gasteiger partial charge in [0.05, 0.1) is 23.2 Å². The molecule has 0 radical (unpaired) electrons. The molecule has 0 aliphatic heterocycles. The number of hydrogen-bond acceptors (Lipinski definition) is 2. The molecule has 1 unspecified atom stereocenters. The first kappa shape index (κ1) is 15.5. The lowest BCUT2D eigenvalue weighted by Crippen LogP contribution is -2.38. The van der Waals surface area contributed by atoms with E-state index in [1.807, 2.05) is 0 Å². The fraction of sp³-hybridized carbons (Fsp3) is 0.462. The van der Waals surface area contributed by atoms with Crippen LogP contribution in [0.25, 0.3) is 0 Å². The third-order valence-electron chi connectivity index (χ3n) is 2.51. The molecule has 1 aromatic carbocycles. The van der Waals surface area contributed by atoms with E-state index in [1.165, 1.54) is 0 Å². The fourth-order valence-corrected chi connectivity index (χ4v) is 2.25. The number of carbonyl (C=O) groups is 1. The molecule has 18 heavy (non-hydrogen) atoms. The molecule has 0 aromatic heterocycles. The van der Waals surface area contributed by atoms with Gasteiger partial charge in [-0.15, -0.1) is 0 Å². The normalized spacial score (nSPS) is 12.2. The largest absolute Gasteiger partial charge is 0.383 e. The van der Waals surface area contributed by atoms with Gasteiger partial charge in [0, 0.05) is 11.6 Å². The van der Waals surface area contributed by atoms with Crippen LogP contribution in [0.3, 0.4) is 0 Å². The molecule has 1 aromatic rings. The van der Waals surface area contributed by atoms with Gasteiger partial charge in [0.2, 0.25) is 0 Å². The quantitative estimate of drug-likeness (QED) is 0.862. The van der Waals surface area contributed by atoms with Crippen LogP contribution in [0.2, 0.25) is 5.02 Å². The van der Waals surface area contributed by atoms with Gasteiger partial charge < -0.3 is 10.1 Å². The van der Waals surface area contributed by atoms with Crippen LogP contribution >= 0.6 is 27.5 Å². The Balaban J connectivity index is 2.76. The lowest BCUT2D eigenvalue weighted by atomic mass is 10.1. The minimum absolute atomic E-state index is 0.0162. The maximum atomic E-state index is 12.1. The highest BCUT2D eigenvalue weighted by Crippen LogP contribution is 2.21. The summed E-state index contributed by atoms with van der Waals surface area (Å²) in [5, 5.41) is 3.38. The van der Waals surface area contributed by atoms with E-state index in [0.717, 1.165) is 17.3 Å². The van der Waals surface area contributed by atoms with E-state index in [2.05, 4.69) is 28.2 Å². The standard InChI is InChI=1S/C13H17BrClNO2/c1-3-4-10(8-18-2)16-13(17)11-7-9(14)5-6-12(11)15/h5-7,10H,3-4,8H2,1-2H3,(H,16,17). The molecule has 100 valence electrons. The van der Waals surface area contributed by atoms with Crippen molar-refractivity contribution in [1.82, 2.24) is 5.32 Å². The predicted octanol–water partition coefficient (Wildman–Crippen LogP) is 3.65. The van der Waals surface area contributed by atoms with E-state index < -0.39 is 0 Å². The maximum Gasteiger partial charge on any atom is 0.253 e. The van der Waals surface area contributed by atoms with Crippen LogP contribution in [0, 0.1) is 0 Å². The highest BCUT2D eigenvalue weighted by atomic mass is 79.9. The Morgan fingerprint density at radius 3 is 2.89 bits per heavy atom. The van der Waals surface area contributed by atoms with Crippen molar-refractivity contribution in [3.8, 4) is 0 Å². The van der Waals surface area contributed by atoms with Crippen molar-refractivity contribution in [3.05, 3.63) is 33.3 Å². The second kappa shape index (κ2) is 7.77. The number of methoxy groups -OCH3 is 1. The van der Waals surface area contributed by atoms with Gasteiger partial charge in [0.1, 0.15) is 0 Å². The number of ether oxygens (including phenoxy) is 1. The summed E-state index contributed by atoms with van der Waals surface area (Å²) in [5.41, 5.74) is 0.475. The average molecular weight is 335 g/mol. The summed E-state index contributed by atoms with van der Waals surface area (Å²) in [4.78, 5) is 12.1. The van der Waals surface area contributed by atoms with Crippen molar-refractivity contribution in [2.75, 3.05) is 13.7 Å². The first-order valence-electron chi connectivity index (χ1n) is 5.83. The van der Waals surface area contributed by atoms with Crippen LogP contribution in [0.4, 0.5) is 0 Å². The smallest absolute Gasteiger partial charge is 0.253 e. The number of carbonyl (C=O) groups excluding carboxylic acids is 1. The molecule has 5 heteroatoms. The fourth-order valence-electron chi connectivity index (χ4n) is 1.68. The van der Waals surface area contributed by atoms with Crippen molar-refractivity contribution >= 4 is 33.4 Å². The summed E-state index contributed by atoms with van der Waals surface area (Å²) in [6, 6.07) is 5.24. The van der Waals surface area contributed by atoms with E-state index in [4.69, 9.17) is 16.3 Å². The van der Waals surface area contributed by atoms with Crippen molar-refractivity contribution < 1.29 is 9.53 Å².